The van der Waals surface area contributed by atoms with Crippen LogP contribution in [0.25, 0.3) is 0 Å². The fraction of sp³-hybridized carbons (Fsp3) is 0.286. The molecule has 3 N–H and O–H groups in total. The van der Waals surface area contributed by atoms with E-state index in [1.54, 1.807) is 12.3 Å². The fourth-order valence-corrected chi connectivity index (χ4v) is 1.77. The molecule has 96 valence electrons. The number of aromatic hydroxyl groups is 1. The van der Waals surface area contributed by atoms with E-state index in [1.165, 1.54) is 0 Å². The Morgan fingerprint density at radius 2 is 2.17 bits per heavy atom. The molecular formula is C14H18NO3+. The molecule has 0 radical (unpaired) electrons. The van der Waals surface area contributed by atoms with Crippen LogP contribution in [0.2, 0.25) is 0 Å². The van der Waals surface area contributed by atoms with Crippen LogP contribution in [-0.2, 0) is 13.1 Å². The molecule has 2 aromatic rings. The molecule has 0 aliphatic carbocycles. The zero-order valence-corrected chi connectivity index (χ0v) is 10.4. The number of phenolic OH excluding ortho intramolecular Hbond substituents is 1. The molecule has 18 heavy (non-hydrogen) atoms. The average molecular weight is 248 g/mol. The number of hydrogen-bond acceptors (Lipinski definition) is 3. The molecule has 4 heteroatoms. The second-order valence-corrected chi connectivity index (χ2v) is 4.01. The van der Waals surface area contributed by atoms with Crippen molar-refractivity contribution in [3.63, 3.8) is 0 Å². The molecule has 0 saturated carbocycles. The highest BCUT2D eigenvalue weighted by atomic mass is 16.5. The number of rotatable bonds is 6. The van der Waals surface area contributed by atoms with E-state index in [0.717, 1.165) is 24.4 Å². The van der Waals surface area contributed by atoms with Crippen LogP contribution in [0.1, 0.15) is 18.2 Å². The second-order valence-electron chi connectivity index (χ2n) is 4.01. The van der Waals surface area contributed by atoms with Gasteiger partial charge in [0.2, 0.25) is 0 Å². The third kappa shape index (κ3) is 3.28. The maximum absolute atomic E-state index is 9.59. The van der Waals surface area contributed by atoms with Gasteiger partial charge in [-0.1, -0.05) is 0 Å². The Balaban J connectivity index is 1.90. The van der Waals surface area contributed by atoms with Crippen molar-refractivity contribution >= 4 is 0 Å². The zero-order valence-electron chi connectivity index (χ0n) is 10.4. The van der Waals surface area contributed by atoms with E-state index in [-0.39, 0.29) is 5.75 Å². The third-order valence-corrected chi connectivity index (χ3v) is 2.63. The minimum absolute atomic E-state index is 0.187. The van der Waals surface area contributed by atoms with Gasteiger partial charge >= 0.3 is 0 Å². The zero-order chi connectivity index (χ0) is 12.8. The van der Waals surface area contributed by atoms with Gasteiger partial charge in [-0.25, -0.2) is 0 Å². The van der Waals surface area contributed by atoms with E-state index >= 15 is 0 Å². The molecule has 0 fully saturated rings. The first-order valence-electron chi connectivity index (χ1n) is 6.08. The van der Waals surface area contributed by atoms with E-state index in [9.17, 15) is 5.11 Å². The number of furan rings is 1. The maximum atomic E-state index is 9.59. The minimum Gasteiger partial charge on any atom is -0.504 e. The summed E-state index contributed by atoms with van der Waals surface area (Å²) in [6, 6.07) is 9.28. The van der Waals surface area contributed by atoms with Gasteiger partial charge in [0.05, 0.1) is 12.9 Å². The Morgan fingerprint density at radius 1 is 1.28 bits per heavy atom. The first kappa shape index (κ1) is 12.5. The summed E-state index contributed by atoms with van der Waals surface area (Å²) >= 11 is 0. The van der Waals surface area contributed by atoms with Crippen LogP contribution in [0.4, 0.5) is 0 Å². The van der Waals surface area contributed by atoms with Gasteiger partial charge in [0.1, 0.15) is 13.1 Å². The third-order valence-electron chi connectivity index (χ3n) is 2.63. The number of phenols is 1. The molecule has 0 aliphatic heterocycles. The van der Waals surface area contributed by atoms with Gasteiger partial charge < -0.3 is 19.6 Å². The molecule has 1 heterocycles. The van der Waals surface area contributed by atoms with E-state index in [0.29, 0.717) is 12.4 Å². The van der Waals surface area contributed by atoms with Crippen molar-refractivity contribution < 1.29 is 19.6 Å². The molecule has 0 bridgehead atoms. The molecular weight excluding hydrogens is 230 g/mol. The van der Waals surface area contributed by atoms with Crippen LogP contribution in [0.3, 0.4) is 0 Å². The molecule has 4 nitrogen and oxygen atoms in total. The first-order valence-corrected chi connectivity index (χ1v) is 6.08. The lowest BCUT2D eigenvalue weighted by atomic mass is 10.2. The second kappa shape index (κ2) is 6.12. The van der Waals surface area contributed by atoms with Crippen LogP contribution in [-0.4, -0.2) is 11.7 Å². The van der Waals surface area contributed by atoms with Crippen LogP contribution in [0.15, 0.2) is 41.0 Å². The van der Waals surface area contributed by atoms with Crippen molar-refractivity contribution in [2.24, 2.45) is 0 Å². The summed E-state index contributed by atoms with van der Waals surface area (Å²) in [5.74, 6) is 1.69. The Kier molecular flexibility index (Phi) is 4.25. The van der Waals surface area contributed by atoms with Crippen molar-refractivity contribution in [1.82, 2.24) is 0 Å². The predicted octanol–water partition coefficient (Wildman–Crippen LogP) is 1.65. The summed E-state index contributed by atoms with van der Waals surface area (Å²) in [5, 5.41) is 11.7. The Morgan fingerprint density at radius 3 is 2.89 bits per heavy atom. The predicted molar refractivity (Wildman–Crippen MR) is 67.3 cm³/mol. The maximum Gasteiger partial charge on any atom is 0.161 e. The Hall–Kier alpha value is -1.94. The summed E-state index contributed by atoms with van der Waals surface area (Å²) in [5.41, 5.74) is 1.11. The van der Waals surface area contributed by atoms with Gasteiger partial charge in [-0.2, -0.15) is 0 Å². The standard InChI is InChI=1S/C14H17NO3/c1-2-17-14-8-11(5-6-13(14)16)9-15-10-12-4-3-7-18-12/h3-8,15-16H,2,9-10H2,1H3/p+1. The van der Waals surface area contributed by atoms with Crippen LogP contribution in [0.5, 0.6) is 11.5 Å². The van der Waals surface area contributed by atoms with Gasteiger partial charge in [0.25, 0.3) is 0 Å². The van der Waals surface area contributed by atoms with Crippen molar-refractivity contribution in [2.75, 3.05) is 6.61 Å². The summed E-state index contributed by atoms with van der Waals surface area (Å²) < 4.78 is 10.6. The topological polar surface area (TPSA) is 59.2 Å². The summed E-state index contributed by atoms with van der Waals surface area (Å²) in [6.45, 7) is 4.07. The van der Waals surface area contributed by atoms with Crippen molar-refractivity contribution in [3.8, 4) is 11.5 Å². The van der Waals surface area contributed by atoms with Crippen LogP contribution < -0.4 is 10.1 Å². The first-order chi connectivity index (χ1) is 8.79. The summed E-state index contributed by atoms with van der Waals surface area (Å²) in [6.07, 6.45) is 1.68. The molecule has 0 saturated heterocycles. The van der Waals surface area contributed by atoms with Crippen LogP contribution >= 0.6 is 0 Å². The lowest BCUT2D eigenvalue weighted by Crippen LogP contribution is -2.80. The highest BCUT2D eigenvalue weighted by molar-refractivity contribution is 5.41. The Bertz CT molecular complexity index is 480. The number of quaternary nitrogens is 1. The molecule has 1 aromatic heterocycles. The fourth-order valence-electron chi connectivity index (χ4n) is 1.77. The number of nitrogens with two attached hydrogens (primary N) is 1. The molecule has 2 rings (SSSR count). The molecule has 0 unspecified atom stereocenters. The van der Waals surface area contributed by atoms with E-state index in [4.69, 9.17) is 9.15 Å². The van der Waals surface area contributed by atoms with Gasteiger partial charge in [0.15, 0.2) is 17.3 Å². The van der Waals surface area contributed by atoms with E-state index in [1.807, 2.05) is 31.2 Å². The molecule has 0 spiro atoms. The van der Waals surface area contributed by atoms with Gasteiger partial charge in [0, 0.05) is 5.56 Å². The number of hydrogen-bond donors (Lipinski definition) is 2. The number of benzene rings is 1. The highest BCUT2D eigenvalue weighted by Crippen LogP contribution is 2.26. The van der Waals surface area contributed by atoms with Gasteiger partial charge in [-0.3, -0.25) is 0 Å². The quantitative estimate of drug-likeness (QED) is 0.817. The van der Waals surface area contributed by atoms with Gasteiger partial charge in [-0.05, 0) is 37.3 Å². The van der Waals surface area contributed by atoms with E-state index < -0.39 is 0 Å². The molecule has 0 aliphatic rings. The molecule has 0 atom stereocenters. The highest BCUT2D eigenvalue weighted by Gasteiger charge is 2.05. The number of ether oxygens (including phenoxy) is 1. The monoisotopic (exact) mass is 248 g/mol. The smallest absolute Gasteiger partial charge is 0.161 e. The van der Waals surface area contributed by atoms with E-state index in [2.05, 4.69) is 5.32 Å². The Labute approximate surface area is 106 Å². The molecule has 1 aromatic carbocycles. The molecule has 0 amide bonds. The van der Waals surface area contributed by atoms with Crippen LogP contribution in [0, 0.1) is 0 Å². The summed E-state index contributed by atoms with van der Waals surface area (Å²) in [4.78, 5) is 0. The summed E-state index contributed by atoms with van der Waals surface area (Å²) in [7, 11) is 0. The SMILES string of the molecule is CCOc1cc(C[NH2+]Cc2ccco2)ccc1O. The lowest BCUT2D eigenvalue weighted by molar-refractivity contribution is -0.688. The van der Waals surface area contributed by atoms with Crippen molar-refractivity contribution in [3.05, 3.63) is 47.9 Å². The van der Waals surface area contributed by atoms with Crippen molar-refractivity contribution in [2.45, 2.75) is 20.0 Å². The minimum atomic E-state index is 0.187. The van der Waals surface area contributed by atoms with Gasteiger partial charge in [-0.15, -0.1) is 0 Å². The normalized spacial score (nSPS) is 10.5. The largest absolute Gasteiger partial charge is 0.504 e. The average Bonchev–Trinajstić information content (AvgIpc) is 2.87. The lowest BCUT2D eigenvalue weighted by Gasteiger charge is -2.07. The van der Waals surface area contributed by atoms with Crippen molar-refractivity contribution in [1.29, 1.82) is 0 Å².